The lowest BCUT2D eigenvalue weighted by Crippen LogP contribution is -2.41. The SMILES string of the molecule is CCN(C(=O)c1cnc(Nc2ccccc2OC)cn1)C1CCS(=O)(=O)C1. The van der Waals surface area contributed by atoms with Gasteiger partial charge >= 0.3 is 0 Å². The van der Waals surface area contributed by atoms with Gasteiger partial charge in [0.1, 0.15) is 17.3 Å². The Hall–Kier alpha value is -2.68. The second-order valence-corrected chi connectivity index (χ2v) is 8.49. The lowest BCUT2D eigenvalue weighted by atomic mass is 10.2. The molecule has 3 rings (SSSR count). The van der Waals surface area contributed by atoms with E-state index in [-0.39, 0.29) is 29.1 Å². The minimum absolute atomic E-state index is 0.00739. The molecule has 1 atom stereocenters. The normalized spacial score (nSPS) is 18.1. The Balaban J connectivity index is 1.73. The van der Waals surface area contributed by atoms with Gasteiger partial charge < -0.3 is 15.0 Å². The van der Waals surface area contributed by atoms with Crippen LogP contribution >= 0.6 is 0 Å². The fraction of sp³-hybridized carbons (Fsp3) is 0.389. The molecule has 2 heterocycles. The molecule has 2 aromatic rings. The molecule has 1 unspecified atom stereocenters. The molecule has 0 radical (unpaired) electrons. The molecular formula is C18H22N4O4S. The van der Waals surface area contributed by atoms with Gasteiger partial charge in [0.25, 0.3) is 5.91 Å². The molecule has 1 aromatic heterocycles. The van der Waals surface area contributed by atoms with E-state index in [4.69, 9.17) is 4.74 Å². The first kappa shape index (κ1) is 19.1. The molecule has 0 aliphatic carbocycles. The Bertz CT molecular complexity index is 915. The van der Waals surface area contributed by atoms with E-state index in [0.29, 0.717) is 24.5 Å². The second-order valence-electron chi connectivity index (χ2n) is 6.26. The van der Waals surface area contributed by atoms with Gasteiger partial charge in [0.05, 0.1) is 36.7 Å². The summed E-state index contributed by atoms with van der Waals surface area (Å²) in [6.07, 6.45) is 3.33. The Morgan fingerprint density at radius 2 is 2.07 bits per heavy atom. The molecular weight excluding hydrogens is 368 g/mol. The number of ether oxygens (including phenoxy) is 1. The van der Waals surface area contributed by atoms with Crippen LogP contribution in [0.15, 0.2) is 36.7 Å². The molecule has 0 saturated carbocycles. The highest BCUT2D eigenvalue weighted by atomic mass is 32.2. The number of sulfone groups is 1. The average molecular weight is 390 g/mol. The van der Waals surface area contributed by atoms with Gasteiger partial charge in [0.2, 0.25) is 0 Å². The van der Waals surface area contributed by atoms with Crippen molar-refractivity contribution in [1.29, 1.82) is 0 Å². The maximum atomic E-state index is 12.7. The van der Waals surface area contributed by atoms with Crippen LogP contribution in [0.1, 0.15) is 23.8 Å². The Morgan fingerprint density at radius 1 is 1.30 bits per heavy atom. The van der Waals surface area contributed by atoms with Gasteiger partial charge in [-0.3, -0.25) is 4.79 Å². The summed E-state index contributed by atoms with van der Waals surface area (Å²) in [4.78, 5) is 22.7. The van der Waals surface area contributed by atoms with Crippen molar-refractivity contribution >= 4 is 27.2 Å². The molecule has 144 valence electrons. The number of methoxy groups -OCH3 is 1. The van der Waals surface area contributed by atoms with Crippen molar-refractivity contribution in [3.05, 3.63) is 42.4 Å². The number of hydrogen-bond acceptors (Lipinski definition) is 7. The van der Waals surface area contributed by atoms with Crippen molar-refractivity contribution in [2.45, 2.75) is 19.4 Å². The number of amides is 1. The van der Waals surface area contributed by atoms with Crippen LogP contribution < -0.4 is 10.1 Å². The number of nitrogens with zero attached hydrogens (tertiary/aromatic N) is 3. The van der Waals surface area contributed by atoms with Crippen LogP contribution in [-0.4, -0.2) is 60.4 Å². The largest absolute Gasteiger partial charge is 0.495 e. The molecule has 27 heavy (non-hydrogen) atoms. The van der Waals surface area contributed by atoms with E-state index < -0.39 is 9.84 Å². The zero-order chi connectivity index (χ0) is 19.4. The van der Waals surface area contributed by atoms with E-state index in [9.17, 15) is 13.2 Å². The first-order valence-corrected chi connectivity index (χ1v) is 10.5. The van der Waals surface area contributed by atoms with Crippen LogP contribution in [0.5, 0.6) is 5.75 Å². The summed E-state index contributed by atoms with van der Waals surface area (Å²) in [6, 6.07) is 7.09. The lowest BCUT2D eigenvalue weighted by Gasteiger charge is -2.26. The summed E-state index contributed by atoms with van der Waals surface area (Å²) < 4.78 is 28.7. The van der Waals surface area contributed by atoms with Crippen molar-refractivity contribution in [2.24, 2.45) is 0 Å². The number of para-hydroxylation sites is 2. The molecule has 1 amide bonds. The minimum atomic E-state index is -3.07. The number of rotatable bonds is 6. The molecule has 1 N–H and O–H groups in total. The van der Waals surface area contributed by atoms with E-state index >= 15 is 0 Å². The van der Waals surface area contributed by atoms with E-state index in [0.717, 1.165) is 5.69 Å². The van der Waals surface area contributed by atoms with E-state index in [1.165, 1.54) is 12.4 Å². The van der Waals surface area contributed by atoms with Gasteiger partial charge in [0, 0.05) is 12.6 Å². The Kier molecular flexibility index (Phi) is 5.59. The number of hydrogen-bond donors (Lipinski definition) is 1. The lowest BCUT2D eigenvalue weighted by molar-refractivity contribution is 0.0702. The Labute approximate surface area is 158 Å². The van der Waals surface area contributed by atoms with Gasteiger partial charge in [0.15, 0.2) is 9.84 Å². The monoisotopic (exact) mass is 390 g/mol. The fourth-order valence-corrected chi connectivity index (χ4v) is 4.86. The van der Waals surface area contributed by atoms with Crippen LogP contribution in [-0.2, 0) is 9.84 Å². The topological polar surface area (TPSA) is 101 Å². The third kappa shape index (κ3) is 4.36. The highest BCUT2D eigenvalue weighted by molar-refractivity contribution is 7.91. The first-order valence-electron chi connectivity index (χ1n) is 8.67. The number of benzene rings is 1. The standard InChI is InChI=1S/C18H22N4O4S/c1-3-22(13-8-9-27(24,25)12-13)18(23)15-10-20-17(11-19-15)21-14-6-4-5-7-16(14)26-2/h4-7,10-11,13H,3,8-9,12H2,1-2H3,(H,20,21). The van der Waals surface area contributed by atoms with Crippen molar-refractivity contribution in [3.63, 3.8) is 0 Å². The van der Waals surface area contributed by atoms with Gasteiger partial charge in [-0.2, -0.15) is 0 Å². The maximum absolute atomic E-state index is 12.7. The number of carbonyl (C=O) groups is 1. The molecule has 1 saturated heterocycles. The zero-order valence-electron chi connectivity index (χ0n) is 15.3. The van der Waals surface area contributed by atoms with E-state index in [1.807, 2.05) is 31.2 Å². The van der Waals surface area contributed by atoms with E-state index in [2.05, 4.69) is 15.3 Å². The highest BCUT2D eigenvalue weighted by Gasteiger charge is 2.34. The quantitative estimate of drug-likeness (QED) is 0.803. The molecule has 1 aliphatic rings. The van der Waals surface area contributed by atoms with E-state index in [1.54, 1.807) is 12.0 Å². The minimum Gasteiger partial charge on any atom is -0.495 e. The predicted octanol–water partition coefficient (Wildman–Crippen LogP) is 1.88. The third-order valence-electron chi connectivity index (χ3n) is 4.49. The van der Waals surface area contributed by atoms with Gasteiger partial charge in [-0.1, -0.05) is 12.1 Å². The summed E-state index contributed by atoms with van der Waals surface area (Å²) in [5, 5.41) is 3.10. The number of carbonyl (C=O) groups excluding carboxylic acids is 1. The Morgan fingerprint density at radius 3 is 2.67 bits per heavy atom. The third-order valence-corrected chi connectivity index (χ3v) is 6.24. The van der Waals surface area contributed by atoms with Gasteiger partial charge in [-0.05, 0) is 25.5 Å². The summed E-state index contributed by atoms with van der Waals surface area (Å²) in [6.45, 7) is 2.25. The average Bonchev–Trinajstić information content (AvgIpc) is 3.03. The van der Waals surface area contributed by atoms with Gasteiger partial charge in [-0.25, -0.2) is 18.4 Å². The maximum Gasteiger partial charge on any atom is 0.274 e. The fourth-order valence-electron chi connectivity index (χ4n) is 3.12. The second kappa shape index (κ2) is 7.91. The summed E-state index contributed by atoms with van der Waals surface area (Å²) in [5.41, 5.74) is 0.923. The molecule has 0 spiro atoms. The molecule has 0 bridgehead atoms. The molecule has 1 fully saturated rings. The number of anilines is 2. The molecule has 9 heteroatoms. The summed E-state index contributed by atoms with van der Waals surface area (Å²) in [5.74, 6) is 0.958. The van der Waals surface area contributed by atoms with Crippen LogP contribution in [0, 0.1) is 0 Å². The number of nitrogens with one attached hydrogen (secondary N) is 1. The summed E-state index contributed by atoms with van der Waals surface area (Å²) >= 11 is 0. The molecule has 8 nitrogen and oxygen atoms in total. The number of aromatic nitrogens is 2. The smallest absolute Gasteiger partial charge is 0.274 e. The predicted molar refractivity (Wildman–Crippen MR) is 102 cm³/mol. The molecule has 1 aliphatic heterocycles. The summed E-state index contributed by atoms with van der Waals surface area (Å²) in [7, 11) is -1.49. The molecule has 1 aromatic carbocycles. The van der Waals surface area contributed by atoms with Crippen molar-refractivity contribution in [1.82, 2.24) is 14.9 Å². The van der Waals surface area contributed by atoms with Crippen molar-refractivity contribution < 1.29 is 17.9 Å². The highest BCUT2D eigenvalue weighted by Crippen LogP contribution is 2.26. The van der Waals surface area contributed by atoms with Crippen molar-refractivity contribution in [3.8, 4) is 5.75 Å². The van der Waals surface area contributed by atoms with Gasteiger partial charge in [-0.15, -0.1) is 0 Å². The first-order chi connectivity index (χ1) is 12.9. The zero-order valence-corrected chi connectivity index (χ0v) is 16.1. The van der Waals surface area contributed by atoms with Crippen LogP contribution in [0.3, 0.4) is 0 Å². The van der Waals surface area contributed by atoms with Crippen LogP contribution in [0.4, 0.5) is 11.5 Å². The van der Waals surface area contributed by atoms with Crippen molar-refractivity contribution in [2.75, 3.05) is 30.5 Å². The van der Waals surface area contributed by atoms with Crippen LogP contribution in [0.2, 0.25) is 0 Å². The van der Waals surface area contributed by atoms with Crippen LogP contribution in [0.25, 0.3) is 0 Å².